The zero-order chi connectivity index (χ0) is 24.0. The molecular weight excluding hydrogens is 456 g/mol. The van der Waals surface area contributed by atoms with Crippen LogP contribution < -0.4 is 4.74 Å². The van der Waals surface area contributed by atoms with Gasteiger partial charge in [-0.1, -0.05) is 11.6 Å². The van der Waals surface area contributed by atoms with Crippen molar-refractivity contribution in [3.05, 3.63) is 29.3 Å². The van der Waals surface area contributed by atoms with E-state index < -0.39 is 0 Å². The second-order valence-electron chi connectivity index (χ2n) is 9.87. The van der Waals surface area contributed by atoms with E-state index in [0.717, 1.165) is 57.9 Å². The molecule has 34 heavy (non-hydrogen) atoms. The minimum atomic E-state index is -0.282. The van der Waals surface area contributed by atoms with Gasteiger partial charge in [-0.3, -0.25) is 14.5 Å². The molecule has 0 radical (unpaired) electrons. The molecule has 0 atom stereocenters. The molecule has 0 unspecified atom stereocenters. The predicted octanol–water partition coefficient (Wildman–Crippen LogP) is 1.82. The third-order valence-electron chi connectivity index (χ3n) is 7.38. The summed E-state index contributed by atoms with van der Waals surface area (Å²) in [5.41, 5.74) is -0.282. The Morgan fingerprint density at radius 2 is 1.53 bits per heavy atom. The summed E-state index contributed by atoms with van der Waals surface area (Å²) in [6.45, 7) is 8.55. The normalized spacial score (nSPS) is 21.9. The largest absolute Gasteiger partial charge is 0.493 e. The first-order chi connectivity index (χ1) is 16.4. The topological polar surface area (TPSA) is 65.6 Å². The van der Waals surface area contributed by atoms with Crippen molar-refractivity contribution < 1.29 is 19.1 Å². The number of likely N-dealkylation sites (N-methyl/N-ethyl adjacent to an activating group) is 1. The number of morpholine rings is 1. The van der Waals surface area contributed by atoms with Crippen molar-refractivity contribution in [2.75, 3.05) is 85.8 Å². The lowest BCUT2D eigenvalue weighted by molar-refractivity contribution is -0.139. The van der Waals surface area contributed by atoms with Crippen molar-refractivity contribution in [2.45, 2.75) is 19.3 Å². The number of hydrogen-bond donors (Lipinski definition) is 0. The van der Waals surface area contributed by atoms with E-state index >= 15 is 0 Å². The summed E-state index contributed by atoms with van der Waals surface area (Å²) in [4.78, 5) is 34.5. The van der Waals surface area contributed by atoms with Crippen molar-refractivity contribution in [1.82, 2.24) is 19.6 Å². The van der Waals surface area contributed by atoms with E-state index in [2.05, 4.69) is 16.8 Å². The lowest BCUT2D eigenvalue weighted by atomic mass is 9.75. The highest BCUT2D eigenvalue weighted by Gasteiger charge is 2.40. The molecule has 3 heterocycles. The number of nitrogens with zero attached hydrogens (tertiary/aromatic N) is 4. The molecule has 1 aromatic carbocycles. The third-order valence-corrected chi connectivity index (χ3v) is 7.63. The first-order valence-electron chi connectivity index (χ1n) is 12.4. The Balaban J connectivity index is 1.37. The molecule has 2 amide bonds. The average Bonchev–Trinajstić information content (AvgIpc) is 2.85. The Labute approximate surface area is 207 Å². The standard InChI is InChI=1S/C25H37ClN4O4/c1-27-10-12-30(13-11-27)23(31)18-25(20-34-22-4-2-21(26)3-5-22)6-8-29(9-7-25)24(32)19-28-14-16-33-17-15-28/h2-5H,6-20H2,1H3. The van der Waals surface area contributed by atoms with E-state index in [1.165, 1.54) is 0 Å². The van der Waals surface area contributed by atoms with E-state index in [-0.39, 0.29) is 17.2 Å². The molecule has 4 rings (SSSR count). The molecule has 1 aromatic rings. The van der Waals surface area contributed by atoms with Crippen LogP contribution in [0.15, 0.2) is 24.3 Å². The third kappa shape index (κ3) is 6.84. The lowest BCUT2D eigenvalue weighted by Gasteiger charge is -2.43. The van der Waals surface area contributed by atoms with Gasteiger partial charge in [0.15, 0.2) is 0 Å². The SMILES string of the molecule is CN1CCN(C(=O)CC2(COc3ccc(Cl)cc3)CCN(C(=O)CN3CCOCC3)CC2)CC1. The number of benzene rings is 1. The van der Waals surface area contributed by atoms with Crippen LogP contribution >= 0.6 is 11.6 Å². The molecule has 3 aliphatic rings. The van der Waals surface area contributed by atoms with Crippen LogP contribution in [-0.4, -0.2) is 117 Å². The first-order valence-corrected chi connectivity index (χ1v) is 12.7. The lowest BCUT2D eigenvalue weighted by Crippen LogP contribution is -2.52. The molecule has 3 aliphatic heterocycles. The number of piperazine rings is 1. The summed E-state index contributed by atoms with van der Waals surface area (Å²) >= 11 is 6.01. The number of carbonyl (C=O) groups is 2. The Hall–Kier alpha value is -1.87. The van der Waals surface area contributed by atoms with Crippen LogP contribution in [0.5, 0.6) is 5.75 Å². The van der Waals surface area contributed by atoms with E-state index in [1.54, 1.807) is 0 Å². The second kappa shape index (κ2) is 11.7. The van der Waals surface area contributed by atoms with Crippen LogP contribution in [0, 0.1) is 5.41 Å². The molecule has 0 bridgehead atoms. The molecule has 188 valence electrons. The zero-order valence-corrected chi connectivity index (χ0v) is 21.0. The van der Waals surface area contributed by atoms with Gasteiger partial charge < -0.3 is 24.2 Å². The van der Waals surface area contributed by atoms with Gasteiger partial charge in [0, 0.05) is 69.2 Å². The van der Waals surface area contributed by atoms with Gasteiger partial charge in [-0.25, -0.2) is 0 Å². The van der Waals surface area contributed by atoms with Crippen LogP contribution in [0.2, 0.25) is 5.02 Å². The summed E-state index contributed by atoms with van der Waals surface area (Å²) < 4.78 is 11.6. The predicted molar refractivity (Wildman–Crippen MR) is 131 cm³/mol. The molecule has 0 aromatic heterocycles. The second-order valence-corrected chi connectivity index (χ2v) is 10.3. The Morgan fingerprint density at radius 3 is 2.18 bits per heavy atom. The van der Waals surface area contributed by atoms with Crippen molar-refractivity contribution in [1.29, 1.82) is 0 Å². The maximum Gasteiger partial charge on any atom is 0.236 e. The van der Waals surface area contributed by atoms with Gasteiger partial charge in [-0.15, -0.1) is 0 Å². The number of ether oxygens (including phenoxy) is 2. The van der Waals surface area contributed by atoms with E-state index in [0.29, 0.717) is 50.9 Å². The molecule has 3 fully saturated rings. The molecule has 8 nitrogen and oxygen atoms in total. The van der Waals surface area contributed by atoms with Gasteiger partial charge in [0.05, 0.1) is 26.4 Å². The highest BCUT2D eigenvalue weighted by molar-refractivity contribution is 6.30. The van der Waals surface area contributed by atoms with Gasteiger partial charge in [0.2, 0.25) is 11.8 Å². The monoisotopic (exact) mass is 492 g/mol. The summed E-state index contributed by atoms with van der Waals surface area (Å²) in [5, 5.41) is 0.666. The minimum Gasteiger partial charge on any atom is -0.493 e. The van der Waals surface area contributed by atoms with Gasteiger partial charge in [0.25, 0.3) is 0 Å². The Morgan fingerprint density at radius 1 is 0.912 bits per heavy atom. The van der Waals surface area contributed by atoms with E-state index in [9.17, 15) is 9.59 Å². The smallest absolute Gasteiger partial charge is 0.236 e. The van der Waals surface area contributed by atoms with Crippen molar-refractivity contribution >= 4 is 23.4 Å². The van der Waals surface area contributed by atoms with Crippen LogP contribution in [0.4, 0.5) is 0 Å². The van der Waals surface area contributed by atoms with E-state index in [4.69, 9.17) is 21.1 Å². The molecule has 9 heteroatoms. The molecule has 0 saturated carbocycles. The zero-order valence-electron chi connectivity index (χ0n) is 20.2. The van der Waals surface area contributed by atoms with Crippen molar-refractivity contribution in [3.63, 3.8) is 0 Å². The van der Waals surface area contributed by atoms with E-state index in [1.807, 2.05) is 34.1 Å². The van der Waals surface area contributed by atoms with Gasteiger partial charge in [0.1, 0.15) is 5.75 Å². The highest BCUT2D eigenvalue weighted by Crippen LogP contribution is 2.37. The van der Waals surface area contributed by atoms with Gasteiger partial charge >= 0.3 is 0 Å². The number of piperidine rings is 1. The Kier molecular flexibility index (Phi) is 8.69. The number of carbonyl (C=O) groups excluding carboxylic acids is 2. The van der Waals surface area contributed by atoms with Crippen molar-refractivity contribution in [2.24, 2.45) is 5.41 Å². The first kappa shape index (κ1) is 25.2. The fraction of sp³-hybridized carbons (Fsp3) is 0.680. The maximum absolute atomic E-state index is 13.2. The highest BCUT2D eigenvalue weighted by atomic mass is 35.5. The molecule has 0 aliphatic carbocycles. The number of hydrogen-bond acceptors (Lipinski definition) is 6. The number of halogens is 1. The van der Waals surface area contributed by atoms with Crippen LogP contribution in [0.25, 0.3) is 0 Å². The quantitative estimate of drug-likeness (QED) is 0.578. The summed E-state index contributed by atoms with van der Waals surface area (Å²) in [5.74, 6) is 1.11. The maximum atomic E-state index is 13.2. The average molecular weight is 493 g/mol. The number of rotatable bonds is 7. The summed E-state index contributed by atoms with van der Waals surface area (Å²) in [7, 11) is 2.09. The van der Waals surface area contributed by atoms with Crippen LogP contribution in [0.3, 0.4) is 0 Å². The molecule has 3 saturated heterocycles. The fourth-order valence-electron chi connectivity index (χ4n) is 4.91. The Bertz CT molecular complexity index is 815. The van der Waals surface area contributed by atoms with Gasteiger partial charge in [-0.2, -0.15) is 0 Å². The number of amides is 2. The number of likely N-dealkylation sites (tertiary alicyclic amines) is 1. The van der Waals surface area contributed by atoms with Crippen LogP contribution in [-0.2, 0) is 14.3 Å². The van der Waals surface area contributed by atoms with Gasteiger partial charge in [-0.05, 0) is 44.2 Å². The minimum absolute atomic E-state index is 0.166. The fourth-order valence-corrected chi connectivity index (χ4v) is 5.03. The summed E-state index contributed by atoms with van der Waals surface area (Å²) in [6, 6.07) is 7.34. The van der Waals surface area contributed by atoms with Crippen LogP contribution in [0.1, 0.15) is 19.3 Å². The molecular formula is C25H37ClN4O4. The summed E-state index contributed by atoms with van der Waals surface area (Å²) in [6.07, 6.45) is 1.97. The van der Waals surface area contributed by atoms with Crippen molar-refractivity contribution in [3.8, 4) is 5.75 Å². The molecule has 0 spiro atoms. The molecule has 0 N–H and O–H groups in total.